The van der Waals surface area contributed by atoms with Crippen molar-refractivity contribution in [3.8, 4) is 0 Å². The van der Waals surface area contributed by atoms with Crippen LogP contribution in [0.4, 0.5) is 4.39 Å². The van der Waals surface area contributed by atoms with Crippen molar-refractivity contribution in [3.63, 3.8) is 0 Å². The first kappa shape index (κ1) is 12.2. The van der Waals surface area contributed by atoms with E-state index in [1.165, 1.54) is 17.1 Å². The van der Waals surface area contributed by atoms with Gasteiger partial charge >= 0.3 is 0 Å². The maximum atomic E-state index is 12.9. The Bertz CT molecular complexity index is 506. The van der Waals surface area contributed by atoms with Crippen LogP contribution in [0.15, 0.2) is 30.5 Å². The molecule has 2 nitrogen and oxygen atoms in total. The highest BCUT2D eigenvalue weighted by atomic mass is 32.1. The van der Waals surface area contributed by atoms with Gasteiger partial charge in [0.05, 0.1) is 17.4 Å². The Morgan fingerprint density at radius 1 is 1.35 bits per heavy atom. The van der Waals surface area contributed by atoms with Gasteiger partial charge in [-0.25, -0.2) is 4.39 Å². The van der Waals surface area contributed by atoms with E-state index in [0.29, 0.717) is 5.69 Å². The number of pyridine rings is 1. The van der Waals surface area contributed by atoms with E-state index in [1.807, 2.05) is 26.0 Å². The summed E-state index contributed by atoms with van der Waals surface area (Å²) in [5.74, 6) is -0.338. The lowest BCUT2D eigenvalue weighted by atomic mass is 9.91. The van der Waals surface area contributed by atoms with Gasteiger partial charge in [-0.3, -0.25) is 4.98 Å². The molecule has 0 bridgehead atoms. The van der Waals surface area contributed by atoms with E-state index in [0.717, 1.165) is 11.3 Å². The Kier molecular flexibility index (Phi) is 3.26. The molecule has 2 N–H and O–H groups in total. The first-order valence-electron chi connectivity index (χ1n) is 5.54. The minimum Gasteiger partial charge on any atom is -0.316 e. The van der Waals surface area contributed by atoms with Crippen molar-refractivity contribution in [2.45, 2.75) is 25.8 Å². The summed E-state index contributed by atoms with van der Waals surface area (Å²) in [7, 11) is 0. The molecule has 0 radical (unpaired) electrons. The average Bonchev–Trinajstić information content (AvgIpc) is 2.76. The molecule has 4 heteroatoms. The van der Waals surface area contributed by atoms with Crippen LogP contribution in [0.5, 0.6) is 0 Å². The molecule has 0 amide bonds. The van der Waals surface area contributed by atoms with Crippen LogP contribution >= 0.6 is 11.3 Å². The van der Waals surface area contributed by atoms with Gasteiger partial charge in [0.15, 0.2) is 0 Å². The molecule has 0 saturated carbocycles. The molecule has 2 aromatic rings. The SMILES string of the molecule is CCC(N)(c1ccc(F)cn1)c1ccc(C)s1. The lowest BCUT2D eigenvalue weighted by Crippen LogP contribution is -2.37. The number of hydrogen-bond donors (Lipinski definition) is 1. The van der Waals surface area contributed by atoms with E-state index in [1.54, 1.807) is 17.4 Å². The zero-order chi connectivity index (χ0) is 12.5. The molecule has 0 saturated heterocycles. The molecule has 0 aromatic carbocycles. The van der Waals surface area contributed by atoms with Crippen molar-refractivity contribution < 1.29 is 4.39 Å². The van der Waals surface area contributed by atoms with Crippen molar-refractivity contribution >= 4 is 11.3 Å². The standard InChI is InChI=1S/C13H15FN2S/c1-3-13(15,12-7-4-9(2)17-12)11-6-5-10(14)8-16-11/h4-8H,3,15H2,1-2H3. The predicted octanol–water partition coefficient (Wildman–Crippen LogP) is 3.20. The monoisotopic (exact) mass is 250 g/mol. The van der Waals surface area contributed by atoms with Crippen molar-refractivity contribution in [1.29, 1.82) is 0 Å². The highest BCUT2D eigenvalue weighted by molar-refractivity contribution is 7.12. The molecular formula is C13H15FN2S. The third-order valence-corrected chi connectivity index (χ3v) is 4.10. The molecule has 17 heavy (non-hydrogen) atoms. The summed E-state index contributed by atoms with van der Waals surface area (Å²) in [6.07, 6.45) is 1.94. The van der Waals surface area contributed by atoms with Gasteiger partial charge in [-0.05, 0) is 37.6 Å². The highest BCUT2D eigenvalue weighted by Gasteiger charge is 2.30. The second-order valence-electron chi connectivity index (χ2n) is 4.10. The third-order valence-electron chi connectivity index (χ3n) is 2.92. The number of halogens is 1. The molecule has 0 spiro atoms. The molecule has 0 aliphatic carbocycles. The fourth-order valence-corrected chi connectivity index (χ4v) is 2.85. The number of nitrogens with two attached hydrogens (primary N) is 1. The zero-order valence-corrected chi connectivity index (χ0v) is 10.7. The van der Waals surface area contributed by atoms with E-state index < -0.39 is 5.54 Å². The minimum absolute atomic E-state index is 0.338. The zero-order valence-electron chi connectivity index (χ0n) is 9.90. The molecule has 2 heterocycles. The van der Waals surface area contributed by atoms with Gasteiger partial charge in [-0.2, -0.15) is 0 Å². The van der Waals surface area contributed by atoms with Gasteiger partial charge < -0.3 is 5.73 Å². The largest absolute Gasteiger partial charge is 0.316 e. The number of aromatic nitrogens is 1. The summed E-state index contributed by atoms with van der Waals surface area (Å²) in [5.41, 5.74) is 6.52. The molecule has 1 unspecified atom stereocenters. The predicted molar refractivity (Wildman–Crippen MR) is 68.5 cm³/mol. The maximum absolute atomic E-state index is 12.9. The molecule has 2 rings (SSSR count). The normalized spacial score (nSPS) is 14.6. The maximum Gasteiger partial charge on any atom is 0.141 e. The molecule has 0 fully saturated rings. The van der Waals surface area contributed by atoms with Gasteiger partial charge in [0, 0.05) is 9.75 Å². The average molecular weight is 250 g/mol. The topological polar surface area (TPSA) is 38.9 Å². The Morgan fingerprint density at radius 3 is 2.59 bits per heavy atom. The van der Waals surface area contributed by atoms with Gasteiger partial charge in [0.25, 0.3) is 0 Å². The fraction of sp³-hybridized carbons (Fsp3) is 0.308. The molecule has 1 atom stereocenters. The van der Waals surface area contributed by atoms with Crippen LogP contribution in [-0.2, 0) is 5.54 Å². The Labute approximate surface area is 104 Å². The van der Waals surface area contributed by atoms with Crippen LogP contribution in [-0.4, -0.2) is 4.98 Å². The van der Waals surface area contributed by atoms with Crippen molar-refractivity contribution in [2.75, 3.05) is 0 Å². The summed E-state index contributed by atoms with van der Waals surface area (Å²) in [4.78, 5) is 6.39. The Morgan fingerprint density at radius 2 is 2.12 bits per heavy atom. The van der Waals surface area contributed by atoms with E-state index >= 15 is 0 Å². The van der Waals surface area contributed by atoms with E-state index in [9.17, 15) is 4.39 Å². The van der Waals surface area contributed by atoms with Crippen molar-refractivity contribution in [1.82, 2.24) is 4.98 Å². The number of rotatable bonds is 3. The van der Waals surface area contributed by atoms with Crippen LogP contribution in [0.3, 0.4) is 0 Å². The van der Waals surface area contributed by atoms with E-state index in [4.69, 9.17) is 5.73 Å². The summed E-state index contributed by atoms with van der Waals surface area (Å²) < 4.78 is 12.9. The quantitative estimate of drug-likeness (QED) is 0.908. The fourth-order valence-electron chi connectivity index (χ4n) is 1.80. The third kappa shape index (κ3) is 2.23. The van der Waals surface area contributed by atoms with E-state index in [-0.39, 0.29) is 5.82 Å². The van der Waals surface area contributed by atoms with Gasteiger partial charge in [0.2, 0.25) is 0 Å². The second kappa shape index (κ2) is 4.55. The van der Waals surface area contributed by atoms with Crippen LogP contribution in [0, 0.1) is 12.7 Å². The Hall–Kier alpha value is -1.26. The molecular weight excluding hydrogens is 235 g/mol. The van der Waals surface area contributed by atoms with Gasteiger partial charge in [-0.1, -0.05) is 6.92 Å². The summed E-state index contributed by atoms with van der Waals surface area (Å²) >= 11 is 1.66. The number of thiophene rings is 1. The number of nitrogens with zero attached hydrogens (tertiary/aromatic N) is 1. The highest BCUT2D eigenvalue weighted by Crippen LogP contribution is 2.33. The molecule has 2 aromatic heterocycles. The van der Waals surface area contributed by atoms with E-state index in [2.05, 4.69) is 4.98 Å². The molecule has 90 valence electrons. The van der Waals surface area contributed by atoms with Gasteiger partial charge in [-0.15, -0.1) is 11.3 Å². The van der Waals surface area contributed by atoms with Crippen LogP contribution < -0.4 is 5.73 Å². The minimum atomic E-state index is -0.618. The van der Waals surface area contributed by atoms with Crippen molar-refractivity contribution in [3.05, 3.63) is 51.7 Å². The van der Waals surface area contributed by atoms with Gasteiger partial charge in [0.1, 0.15) is 5.82 Å². The number of aryl methyl sites for hydroxylation is 1. The summed E-state index contributed by atoms with van der Waals surface area (Å²) in [6, 6.07) is 7.13. The van der Waals surface area contributed by atoms with Crippen LogP contribution in [0.1, 0.15) is 28.8 Å². The van der Waals surface area contributed by atoms with Crippen molar-refractivity contribution in [2.24, 2.45) is 5.73 Å². The summed E-state index contributed by atoms with van der Waals surface area (Å²) in [5, 5.41) is 0. The molecule has 0 aliphatic rings. The second-order valence-corrected chi connectivity index (χ2v) is 5.38. The van der Waals surface area contributed by atoms with Crippen LogP contribution in [0.2, 0.25) is 0 Å². The first-order chi connectivity index (χ1) is 8.06. The number of hydrogen-bond acceptors (Lipinski definition) is 3. The Balaban J connectivity index is 2.47. The lowest BCUT2D eigenvalue weighted by molar-refractivity contribution is 0.508. The first-order valence-corrected chi connectivity index (χ1v) is 6.35. The summed E-state index contributed by atoms with van der Waals surface area (Å²) in [6.45, 7) is 4.06. The molecule has 0 aliphatic heterocycles. The van der Waals surface area contributed by atoms with Crippen LogP contribution in [0.25, 0.3) is 0 Å². The lowest BCUT2D eigenvalue weighted by Gasteiger charge is -2.26. The smallest absolute Gasteiger partial charge is 0.141 e.